The number of amides is 1. The summed E-state index contributed by atoms with van der Waals surface area (Å²) in [5.41, 5.74) is 1.11. The van der Waals surface area contributed by atoms with Gasteiger partial charge >= 0.3 is 0 Å². The molecule has 1 aliphatic rings. The van der Waals surface area contributed by atoms with Crippen molar-refractivity contribution in [1.82, 2.24) is 10.6 Å². The van der Waals surface area contributed by atoms with Gasteiger partial charge < -0.3 is 15.4 Å². The molecule has 110 valence electrons. The highest BCUT2D eigenvalue weighted by Gasteiger charge is 2.20. The molecule has 20 heavy (non-hydrogen) atoms. The number of hydrogen-bond acceptors (Lipinski definition) is 3. The second-order valence-electron chi connectivity index (χ2n) is 5.34. The van der Waals surface area contributed by atoms with Crippen molar-refractivity contribution in [3.8, 4) is 0 Å². The van der Waals surface area contributed by atoms with Crippen LogP contribution in [0.15, 0.2) is 30.3 Å². The minimum Gasteiger partial charge on any atom is -0.368 e. The molecule has 1 amide bonds. The first-order valence-corrected chi connectivity index (χ1v) is 7.37. The van der Waals surface area contributed by atoms with E-state index in [-0.39, 0.29) is 18.6 Å². The monoisotopic (exact) mass is 276 g/mol. The van der Waals surface area contributed by atoms with Crippen LogP contribution in [0.25, 0.3) is 0 Å². The molecule has 4 nitrogen and oxygen atoms in total. The van der Waals surface area contributed by atoms with Gasteiger partial charge in [0.2, 0.25) is 5.91 Å². The molecule has 2 N–H and O–H groups in total. The molecule has 1 aromatic carbocycles. The molecule has 0 radical (unpaired) electrons. The molecule has 0 aliphatic heterocycles. The summed E-state index contributed by atoms with van der Waals surface area (Å²) in [7, 11) is 2.00. The second-order valence-corrected chi connectivity index (χ2v) is 5.34. The van der Waals surface area contributed by atoms with Crippen LogP contribution >= 0.6 is 0 Å². The third-order valence-electron chi connectivity index (χ3n) is 3.87. The largest absolute Gasteiger partial charge is 0.368 e. The Hall–Kier alpha value is -1.39. The van der Waals surface area contributed by atoms with Crippen molar-refractivity contribution in [2.45, 2.75) is 44.4 Å². The van der Waals surface area contributed by atoms with Gasteiger partial charge in [0, 0.05) is 12.6 Å². The Labute approximate surface area is 120 Å². The van der Waals surface area contributed by atoms with Crippen LogP contribution in [0.5, 0.6) is 0 Å². The van der Waals surface area contributed by atoms with Crippen LogP contribution in [-0.4, -0.2) is 31.7 Å². The lowest BCUT2D eigenvalue weighted by Crippen LogP contribution is -2.35. The number of carbonyl (C=O) groups is 1. The number of carbonyl (C=O) groups excluding carboxylic acids is 1. The van der Waals surface area contributed by atoms with Crippen LogP contribution in [-0.2, 0) is 16.1 Å². The molecule has 0 aromatic heterocycles. The van der Waals surface area contributed by atoms with Crippen LogP contribution < -0.4 is 10.6 Å². The fourth-order valence-corrected chi connectivity index (χ4v) is 2.56. The van der Waals surface area contributed by atoms with Gasteiger partial charge in [-0.2, -0.15) is 0 Å². The van der Waals surface area contributed by atoms with E-state index in [0.29, 0.717) is 12.6 Å². The molecule has 1 fully saturated rings. The van der Waals surface area contributed by atoms with Crippen molar-refractivity contribution in [1.29, 1.82) is 0 Å². The zero-order valence-electron chi connectivity index (χ0n) is 12.1. The number of rotatable bonds is 6. The van der Waals surface area contributed by atoms with Gasteiger partial charge in [-0.1, -0.05) is 30.3 Å². The van der Waals surface area contributed by atoms with Crippen LogP contribution in [0.4, 0.5) is 0 Å². The summed E-state index contributed by atoms with van der Waals surface area (Å²) in [5, 5.41) is 6.18. The van der Waals surface area contributed by atoms with Crippen LogP contribution in [0.2, 0.25) is 0 Å². The van der Waals surface area contributed by atoms with E-state index in [9.17, 15) is 4.79 Å². The lowest BCUT2D eigenvalue weighted by Gasteiger charge is -2.28. The molecule has 0 unspecified atom stereocenters. The Balaban J connectivity index is 1.61. The molecule has 0 bridgehead atoms. The third kappa shape index (κ3) is 4.94. The molecule has 0 spiro atoms. The van der Waals surface area contributed by atoms with E-state index in [1.165, 1.54) is 0 Å². The molecular formula is C16H24N2O2. The molecule has 0 saturated heterocycles. The Morgan fingerprint density at radius 3 is 2.55 bits per heavy atom. The van der Waals surface area contributed by atoms with Gasteiger partial charge in [-0.25, -0.2) is 0 Å². The molecule has 1 saturated carbocycles. The van der Waals surface area contributed by atoms with Gasteiger partial charge in [0.05, 0.1) is 6.10 Å². The van der Waals surface area contributed by atoms with Gasteiger partial charge in [-0.3, -0.25) is 4.79 Å². The van der Waals surface area contributed by atoms with Crippen LogP contribution in [0.3, 0.4) is 0 Å². The Morgan fingerprint density at radius 2 is 1.90 bits per heavy atom. The highest BCUT2D eigenvalue weighted by Crippen LogP contribution is 2.20. The summed E-state index contributed by atoms with van der Waals surface area (Å²) in [5.74, 6) is -0.0374. The number of nitrogens with one attached hydrogen (secondary N) is 2. The summed E-state index contributed by atoms with van der Waals surface area (Å²) in [6.45, 7) is 0.733. The zero-order valence-corrected chi connectivity index (χ0v) is 12.1. The number of hydrogen-bond donors (Lipinski definition) is 2. The first kappa shape index (κ1) is 15.0. The van der Waals surface area contributed by atoms with Crippen molar-refractivity contribution >= 4 is 5.91 Å². The van der Waals surface area contributed by atoms with E-state index >= 15 is 0 Å². The van der Waals surface area contributed by atoms with Crippen molar-refractivity contribution < 1.29 is 9.53 Å². The number of benzene rings is 1. The van der Waals surface area contributed by atoms with Gasteiger partial charge in [0.15, 0.2) is 0 Å². The number of ether oxygens (including phenoxy) is 1. The first-order chi connectivity index (χ1) is 9.78. The van der Waals surface area contributed by atoms with E-state index < -0.39 is 0 Å². The molecule has 1 aliphatic carbocycles. The summed E-state index contributed by atoms with van der Waals surface area (Å²) >= 11 is 0. The maximum atomic E-state index is 11.7. The maximum absolute atomic E-state index is 11.7. The second kappa shape index (κ2) is 8.02. The van der Waals surface area contributed by atoms with E-state index in [4.69, 9.17) is 4.74 Å². The minimum atomic E-state index is -0.0374. The van der Waals surface area contributed by atoms with Gasteiger partial charge in [0.25, 0.3) is 0 Å². The van der Waals surface area contributed by atoms with Crippen molar-refractivity contribution in [3.63, 3.8) is 0 Å². The Kier molecular flexibility index (Phi) is 6.02. The molecular weight excluding hydrogens is 252 g/mol. The fourth-order valence-electron chi connectivity index (χ4n) is 2.56. The smallest absolute Gasteiger partial charge is 0.246 e. The lowest BCUT2D eigenvalue weighted by atomic mass is 9.93. The van der Waals surface area contributed by atoms with Crippen molar-refractivity contribution in [2.24, 2.45) is 0 Å². The molecule has 0 atom stereocenters. The van der Waals surface area contributed by atoms with E-state index in [0.717, 1.165) is 31.2 Å². The van der Waals surface area contributed by atoms with Gasteiger partial charge in [-0.15, -0.1) is 0 Å². The van der Waals surface area contributed by atoms with Crippen LogP contribution in [0.1, 0.15) is 31.2 Å². The SMILES string of the molecule is CNC1CCC(OCC(=O)NCc2ccccc2)CC1. The topological polar surface area (TPSA) is 50.4 Å². The highest BCUT2D eigenvalue weighted by atomic mass is 16.5. The standard InChI is InChI=1S/C16H24N2O2/c1-17-14-7-9-15(10-8-14)20-12-16(19)18-11-13-5-3-2-4-6-13/h2-6,14-15,17H,7-12H2,1H3,(H,18,19). The summed E-state index contributed by atoms with van der Waals surface area (Å²) in [4.78, 5) is 11.7. The quantitative estimate of drug-likeness (QED) is 0.833. The lowest BCUT2D eigenvalue weighted by molar-refractivity contribution is -0.128. The predicted molar refractivity (Wildman–Crippen MR) is 79.3 cm³/mol. The molecule has 2 rings (SSSR count). The van der Waals surface area contributed by atoms with Gasteiger partial charge in [0.1, 0.15) is 6.61 Å². The normalized spacial score (nSPS) is 22.4. The van der Waals surface area contributed by atoms with Crippen molar-refractivity contribution in [3.05, 3.63) is 35.9 Å². The average molecular weight is 276 g/mol. The van der Waals surface area contributed by atoms with E-state index in [1.807, 2.05) is 37.4 Å². The summed E-state index contributed by atoms with van der Waals surface area (Å²) < 4.78 is 5.69. The predicted octanol–water partition coefficient (Wildman–Crippen LogP) is 1.85. The third-order valence-corrected chi connectivity index (χ3v) is 3.87. The molecule has 0 heterocycles. The average Bonchev–Trinajstić information content (AvgIpc) is 2.52. The van der Waals surface area contributed by atoms with Crippen molar-refractivity contribution in [2.75, 3.05) is 13.7 Å². The van der Waals surface area contributed by atoms with Crippen LogP contribution in [0, 0.1) is 0 Å². The molecule has 1 aromatic rings. The minimum absolute atomic E-state index is 0.0374. The summed E-state index contributed by atoms with van der Waals surface area (Å²) in [6.07, 6.45) is 4.58. The Bertz CT molecular complexity index is 400. The maximum Gasteiger partial charge on any atom is 0.246 e. The highest BCUT2D eigenvalue weighted by molar-refractivity contribution is 5.77. The molecule has 4 heteroatoms. The van der Waals surface area contributed by atoms with Gasteiger partial charge in [-0.05, 0) is 38.3 Å². The fraction of sp³-hybridized carbons (Fsp3) is 0.562. The summed E-state index contributed by atoms with van der Waals surface area (Å²) in [6, 6.07) is 10.5. The van der Waals surface area contributed by atoms with E-state index in [1.54, 1.807) is 0 Å². The van der Waals surface area contributed by atoms with E-state index in [2.05, 4.69) is 10.6 Å². The zero-order chi connectivity index (χ0) is 14.2. The first-order valence-electron chi connectivity index (χ1n) is 7.37. The Morgan fingerprint density at radius 1 is 1.20 bits per heavy atom.